The van der Waals surface area contributed by atoms with Crippen LogP contribution >= 0.6 is 0 Å². The lowest BCUT2D eigenvalue weighted by Crippen LogP contribution is -2.52. The second kappa shape index (κ2) is 8.32. The van der Waals surface area contributed by atoms with E-state index < -0.39 is 41.8 Å². The van der Waals surface area contributed by atoms with Crippen LogP contribution in [0.25, 0.3) is 0 Å². The van der Waals surface area contributed by atoms with E-state index in [9.17, 15) is 19.5 Å². The van der Waals surface area contributed by atoms with E-state index in [0.717, 1.165) is 0 Å². The van der Waals surface area contributed by atoms with Gasteiger partial charge in [-0.05, 0) is 27.2 Å². The Bertz CT molecular complexity index is 474. The molecule has 2 N–H and O–H groups in total. The van der Waals surface area contributed by atoms with Crippen LogP contribution in [0.1, 0.15) is 47.0 Å². The van der Waals surface area contributed by atoms with Crippen LogP contribution < -0.4 is 5.32 Å². The molecule has 0 bridgehead atoms. The topological polar surface area (TPSA) is 105 Å². The fourth-order valence-electron chi connectivity index (χ4n) is 2.61. The number of ether oxygens (including phenoxy) is 2. The summed E-state index contributed by atoms with van der Waals surface area (Å²) in [7, 11) is 1.23. The van der Waals surface area contributed by atoms with Crippen molar-refractivity contribution in [1.82, 2.24) is 10.2 Å². The number of amides is 2. The van der Waals surface area contributed by atoms with Gasteiger partial charge in [-0.1, -0.05) is 13.3 Å². The van der Waals surface area contributed by atoms with Gasteiger partial charge in [0, 0.05) is 13.0 Å². The number of carbonyl (C=O) groups is 3. The Morgan fingerprint density at radius 1 is 1.33 bits per heavy atom. The van der Waals surface area contributed by atoms with Gasteiger partial charge in [0.2, 0.25) is 5.91 Å². The molecule has 1 fully saturated rings. The predicted molar refractivity (Wildman–Crippen MR) is 86.2 cm³/mol. The fraction of sp³-hybridized carbons (Fsp3) is 0.812. The molecule has 1 aliphatic heterocycles. The largest absolute Gasteiger partial charge is 0.467 e. The van der Waals surface area contributed by atoms with Gasteiger partial charge >= 0.3 is 12.1 Å². The van der Waals surface area contributed by atoms with Crippen LogP contribution in [0, 0.1) is 0 Å². The first kappa shape index (κ1) is 20.2. The van der Waals surface area contributed by atoms with Crippen LogP contribution in [0.4, 0.5) is 4.79 Å². The maximum Gasteiger partial charge on any atom is 0.408 e. The summed E-state index contributed by atoms with van der Waals surface area (Å²) < 4.78 is 9.88. The molecule has 0 aromatic rings. The minimum absolute atomic E-state index is 0.0365. The molecule has 8 heteroatoms. The standard InChI is InChI=1S/C16H28N2O6/c1-6-7-11(17-15(22)24-16(2,3)4)13(20)18-9-10(19)8-12(18)14(21)23-5/h10-12,19H,6-9H2,1-5H3,(H,17,22)/t10-,11-,12?/m0/s1. The van der Waals surface area contributed by atoms with E-state index in [1.54, 1.807) is 20.8 Å². The van der Waals surface area contributed by atoms with Crippen molar-refractivity contribution in [1.29, 1.82) is 0 Å². The zero-order chi connectivity index (χ0) is 18.5. The number of nitrogens with one attached hydrogen (secondary N) is 1. The Kier molecular flexibility index (Phi) is 7.01. The molecule has 0 saturated carbocycles. The van der Waals surface area contributed by atoms with Crippen molar-refractivity contribution < 1.29 is 29.0 Å². The average Bonchev–Trinajstić information content (AvgIpc) is 2.85. The molecule has 1 heterocycles. The summed E-state index contributed by atoms with van der Waals surface area (Å²) in [5.74, 6) is -0.998. The highest BCUT2D eigenvalue weighted by Crippen LogP contribution is 2.21. The summed E-state index contributed by atoms with van der Waals surface area (Å²) in [4.78, 5) is 37.8. The van der Waals surface area contributed by atoms with Crippen LogP contribution in [0.15, 0.2) is 0 Å². The molecule has 8 nitrogen and oxygen atoms in total. The maximum absolute atomic E-state index is 12.7. The summed E-state index contributed by atoms with van der Waals surface area (Å²) in [6.07, 6.45) is -0.293. The van der Waals surface area contributed by atoms with Crippen molar-refractivity contribution in [3.05, 3.63) is 0 Å². The molecule has 1 aliphatic rings. The molecule has 0 spiro atoms. The Hall–Kier alpha value is -1.83. The van der Waals surface area contributed by atoms with Gasteiger partial charge in [0.15, 0.2) is 0 Å². The van der Waals surface area contributed by atoms with Crippen LogP contribution in [0.3, 0.4) is 0 Å². The van der Waals surface area contributed by atoms with Gasteiger partial charge in [-0.2, -0.15) is 0 Å². The van der Waals surface area contributed by atoms with Crippen LogP contribution in [0.5, 0.6) is 0 Å². The van der Waals surface area contributed by atoms with Crippen LogP contribution in [-0.2, 0) is 19.1 Å². The number of likely N-dealkylation sites (tertiary alicyclic amines) is 1. The number of esters is 1. The summed E-state index contributed by atoms with van der Waals surface area (Å²) >= 11 is 0. The van der Waals surface area contributed by atoms with Gasteiger partial charge in [-0.3, -0.25) is 4.79 Å². The molecule has 0 radical (unpaired) electrons. The molecule has 138 valence electrons. The first-order chi connectivity index (χ1) is 11.1. The predicted octanol–water partition coefficient (Wildman–Crippen LogP) is 0.815. The van der Waals surface area contributed by atoms with E-state index in [1.165, 1.54) is 12.0 Å². The molecular formula is C16H28N2O6. The highest BCUT2D eigenvalue weighted by atomic mass is 16.6. The van der Waals surface area contributed by atoms with E-state index in [1.807, 2.05) is 6.92 Å². The van der Waals surface area contributed by atoms with Crippen molar-refractivity contribution in [2.45, 2.75) is 70.7 Å². The zero-order valence-electron chi connectivity index (χ0n) is 15.0. The highest BCUT2D eigenvalue weighted by molar-refractivity contribution is 5.90. The second-order valence-electron chi connectivity index (χ2n) is 6.91. The molecular weight excluding hydrogens is 316 g/mol. The number of alkyl carbamates (subject to hydrolysis) is 1. The van der Waals surface area contributed by atoms with Crippen molar-refractivity contribution in [2.75, 3.05) is 13.7 Å². The van der Waals surface area contributed by atoms with Gasteiger partial charge in [-0.25, -0.2) is 9.59 Å². The quantitative estimate of drug-likeness (QED) is 0.715. The highest BCUT2D eigenvalue weighted by Gasteiger charge is 2.42. The molecule has 1 rings (SSSR count). The molecule has 1 saturated heterocycles. The maximum atomic E-state index is 12.7. The lowest BCUT2D eigenvalue weighted by atomic mass is 10.1. The van der Waals surface area contributed by atoms with Crippen molar-refractivity contribution in [3.8, 4) is 0 Å². The minimum atomic E-state index is -0.836. The van der Waals surface area contributed by atoms with E-state index in [-0.39, 0.29) is 13.0 Å². The molecule has 2 amide bonds. The van der Waals surface area contributed by atoms with E-state index in [0.29, 0.717) is 12.8 Å². The number of carbonyl (C=O) groups excluding carboxylic acids is 3. The lowest BCUT2D eigenvalue weighted by molar-refractivity contribution is -0.151. The zero-order valence-corrected chi connectivity index (χ0v) is 15.0. The van der Waals surface area contributed by atoms with E-state index >= 15 is 0 Å². The second-order valence-corrected chi connectivity index (χ2v) is 6.91. The van der Waals surface area contributed by atoms with Crippen molar-refractivity contribution in [3.63, 3.8) is 0 Å². The molecule has 0 aromatic carbocycles. The van der Waals surface area contributed by atoms with Crippen LogP contribution in [-0.4, -0.2) is 65.4 Å². The number of rotatable bonds is 5. The molecule has 0 aliphatic carbocycles. The summed E-state index contributed by atoms with van der Waals surface area (Å²) in [5.41, 5.74) is -0.678. The monoisotopic (exact) mass is 344 g/mol. The van der Waals surface area contributed by atoms with Crippen molar-refractivity contribution in [2.24, 2.45) is 0 Å². The molecule has 1 unspecified atom stereocenters. The number of hydrogen-bond acceptors (Lipinski definition) is 6. The summed E-state index contributed by atoms with van der Waals surface area (Å²) in [5, 5.41) is 12.4. The van der Waals surface area contributed by atoms with E-state index in [2.05, 4.69) is 5.32 Å². The number of β-amino-alcohol motifs (C(OH)–C–C–N with tert-alkyl or cyclic N) is 1. The third kappa shape index (κ3) is 5.67. The third-order valence-corrected chi connectivity index (χ3v) is 3.60. The first-order valence-corrected chi connectivity index (χ1v) is 8.15. The fourth-order valence-corrected chi connectivity index (χ4v) is 2.61. The third-order valence-electron chi connectivity index (χ3n) is 3.60. The summed E-state index contributed by atoms with van der Waals surface area (Å²) in [6.45, 7) is 7.11. The average molecular weight is 344 g/mol. The number of hydrogen-bond donors (Lipinski definition) is 2. The van der Waals surface area contributed by atoms with E-state index in [4.69, 9.17) is 9.47 Å². The number of methoxy groups -OCH3 is 1. The van der Waals surface area contributed by atoms with Crippen molar-refractivity contribution >= 4 is 18.0 Å². The van der Waals surface area contributed by atoms with Crippen LogP contribution in [0.2, 0.25) is 0 Å². The molecule has 0 aromatic heterocycles. The molecule has 24 heavy (non-hydrogen) atoms. The van der Waals surface area contributed by atoms with Gasteiger partial charge in [0.25, 0.3) is 0 Å². The van der Waals surface area contributed by atoms with Gasteiger partial charge in [0.1, 0.15) is 17.7 Å². The van der Waals surface area contributed by atoms with Gasteiger partial charge < -0.3 is 24.8 Å². The SMILES string of the molecule is CCC[C@H](NC(=O)OC(C)(C)C)C(=O)N1C[C@@H](O)CC1C(=O)OC. The Labute approximate surface area is 142 Å². The number of aliphatic hydroxyl groups excluding tert-OH is 1. The number of nitrogens with zero attached hydrogens (tertiary/aromatic N) is 1. The molecule has 3 atom stereocenters. The Morgan fingerprint density at radius 2 is 1.96 bits per heavy atom. The van der Waals surface area contributed by atoms with Gasteiger partial charge in [-0.15, -0.1) is 0 Å². The normalized spacial score (nSPS) is 22.0. The Morgan fingerprint density at radius 3 is 2.46 bits per heavy atom. The van der Waals surface area contributed by atoms with Gasteiger partial charge in [0.05, 0.1) is 13.2 Å². The minimum Gasteiger partial charge on any atom is -0.467 e. The first-order valence-electron chi connectivity index (χ1n) is 8.15. The Balaban J connectivity index is 2.84. The summed E-state index contributed by atoms with van der Waals surface area (Å²) in [6, 6.07) is -1.65. The smallest absolute Gasteiger partial charge is 0.408 e. The number of aliphatic hydroxyl groups is 1. The lowest BCUT2D eigenvalue weighted by Gasteiger charge is -2.28.